The normalized spacial score (nSPS) is 13.5. The highest BCUT2D eigenvalue weighted by molar-refractivity contribution is 7.89. The molecule has 0 fully saturated rings. The van der Waals surface area contributed by atoms with Crippen molar-refractivity contribution in [1.29, 1.82) is 0 Å². The van der Waals surface area contributed by atoms with Crippen molar-refractivity contribution in [3.05, 3.63) is 28.8 Å². The van der Waals surface area contributed by atoms with Gasteiger partial charge in [0, 0.05) is 12.1 Å². The summed E-state index contributed by atoms with van der Waals surface area (Å²) in [6.45, 7) is 3.26. The lowest BCUT2D eigenvalue weighted by atomic mass is 10.2. The molecule has 1 aromatic carbocycles. The molecule has 0 bridgehead atoms. The summed E-state index contributed by atoms with van der Waals surface area (Å²) in [6.07, 6.45) is 0.185. The number of likely N-dealkylation sites (N-methyl/N-ethyl adjacent to an activating group) is 1. The first-order valence-corrected chi connectivity index (χ1v) is 7.50. The average Bonchev–Trinajstić information content (AvgIpc) is 2.32. The van der Waals surface area contributed by atoms with Gasteiger partial charge in [-0.15, -0.1) is 0 Å². The summed E-state index contributed by atoms with van der Waals surface area (Å²) < 4.78 is 25.7. The van der Waals surface area contributed by atoms with E-state index in [-0.39, 0.29) is 11.3 Å². The van der Waals surface area contributed by atoms with Crippen LogP contribution in [0, 0.1) is 6.92 Å². The highest BCUT2D eigenvalue weighted by Crippen LogP contribution is 2.24. The van der Waals surface area contributed by atoms with Crippen molar-refractivity contribution in [1.82, 2.24) is 4.31 Å². The number of nitrogens with zero attached hydrogens (tertiary/aromatic N) is 1. The molecule has 0 heterocycles. The monoisotopic (exact) mass is 305 g/mol. The van der Waals surface area contributed by atoms with Crippen molar-refractivity contribution < 1.29 is 18.3 Å². The lowest BCUT2D eigenvalue weighted by Gasteiger charge is -2.24. The Kier molecular flexibility index (Phi) is 4.95. The van der Waals surface area contributed by atoms with Crippen LogP contribution in [0.3, 0.4) is 0 Å². The van der Waals surface area contributed by atoms with Crippen LogP contribution in [-0.2, 0) is 14.8 Å². The van der Waals surface area contributed by atoms with Gasteiger partial charge in [0.15, 0.2) is 0 Å². The Morgan fingerprint density at radius 3 is 2.53 bits per heavy atom. The predicted octanol–water partition coefficient (Wildman–Crippen LogP) is 2.13. The van der Waals surface area contributed by atoms with Crippen LogP contribution < -0.4 is 0 Å². The lowest BCUT2D eigenvalue weighted by molar-refractivity contribution is -0.141. The smallest absolute Gasteiger partial charge is 0.321 e. The van der Waals surface area contributed by atoms with Crippen molar-refractivity contribution in [2.45, 2.75) is 31.2 Å². The minimum atomic E-state index is -3.88. The average molecular weight is 306 g/mol. The Morgan fingerprint density at radius 1 is 1.47 bits per heavy atom. The second-order valence-corrected chi connectivity index (χ2v) is 6.60. The van der Waals surface area contributed by atoms with Gasteiger partial charge in [0.2, 0.25) is 10.0 Å². The summed E-state index contributed by atoms with van der Waals surface area (Å²) in [5, 5.41) is 9.34. The molecule has 1 atom stereocenters. The van der Waals surface area contributed by atoms with Gasteiger partial charge in [0.1, 0.15) is 6.04 Å². The number of carboxylic acid groups (broad SMARTS) is 1. The summed E-state index contributed by atoms with van der Waals surface area (Å²) in [6, 6.07) is 3.41. The van der Waals surface area contributed by atoms with E-state index in [4.69, 9.17) is 16.7 Å². The molecular weight excluding hydrogens is 290 g/mol. The van der Waals surface area contributed by atoms with E-state index in [1.807, 2.05) is 0 Å². The highest BCUT2D eigenvalue weighted by atomic mass is 35.5. The molecule has 1 aromatic rings. The van der Waals surface area contributed by atoms with E-state index >= 15 is 0 Å². The molecule has 0 radical (unpaired) electrons. The molecule has 0 aliphatic rings. The van der Waals surface area contributed by atoms with Crippen molar-refractivity contribution in [3.63, 3.8) is 0 Å². The van der Waals surface area contributed by atoms with Gasteiger partial charge in [0.05, 0.1) is 4.90 Å². The Labute approximate surface area is 117 Å². The topological polar surface area (TPSA) is 74.7 Å². The molecule has 0 aliphatic carbocycles. The van der Waals surface area contributed by atoms with Crippen LogP contribution in [0.15, 0.2) is 23.1 Å². The van der Waals surface area contributed by atoms with Crippen LogP contribution in [0.5, 0.6) is 0 Å². The fourth-order valence-corrected chi connectivity index (χ4v) is 3.63. The summed E-state index contributed by atoms with van der Waals surface area (Å²) in [5.74, 6) is -1.17. The largest absolute Gasteiger partial charge is 0.480 e. The maximum atomic E-state index is 12.4. The van der Waals surface area contributed by atoms with Gasteiger partial charge in [-0.1, -0.05) is 24.6 Å². The number of carbonyl (C=O) groups is 1. The van der Waals surface area contributed by atoms with E-state index in [9.17, 15) is 13.2 Å². The minimum absolute atomic E-state index is 0.0298. The summed E-state index contributed by atoms with van der Waals surface area (Å²) in [4.78, 5) is 11.1. The summed E-state index contributed by atoms with van der Waals surface area (Å²) in [5.41, 5.74) is 0.525. The third-order valence-electron chi connectivity index (χ3n) is 2.92. The Bertz CT molecular complexity index is 585. The zero-order valence-electron chi connectivity index (χ0n) is 10.9. The molecule has 1 unspecified atom stereocenters. The SMILES string of the molecule is CCC(C(=O)O)N(C)S(=O)(=O)c1cc(Cl)ccc1C. The fraction of sp³-hybridized carbons (Fsp3) is 0.417. The van der Waals surface area contributed by atoms with E-state index in [0.717, 1.165) is 4.31 Å². The lowest BCUT2D eigenvalue weighted by Crippen LogP contribution is -2.42. The van der Waals surface area contributed by atoms with E-state index in [0.29, 0.717) is 10.6 Å². The number of benzene rings is 1. The first kappa shape index (κ1) is 15.9. The van der Waals surface area contributed by atoms with E-state index < -0.39 is 22.0 Å². The molecule has 1 N–H and O–H groups in total. The summed E-state index contributed by atoms with van der Waals surface area (Å²) in [7, 11) is -2.62. The highest BCUT2D eigenvalue weighted by Gasteiger charge is 2.32. The second-order valence-electron chi connectivity index (χ2n) is 4.19. The van der Waals surface area contributed by atoms with E-state index in [1.165, 1.54) is 13.1 Å². The van der Waals surface area contributed by atoms with Gasteiger partial charge in [-0.25, -0.2) is 8.42 Å². The zero-order chi connectivity index (χ0) is 14.8. The summed E-state index contributed by atoms with van der Waals surface area (Å²) >= 11 is 5.80. The third kappa shape index (κ3) is 3.26. The molecule has 0 amide bonds. The predicted molar refractivity (Wildman–Crippen MR) is 72.9 cm³/mol. The molecule has 0 aromatic heterocycles. The molecule has 19 heavy (non-hydrogen) atoms. The fourth-order valence-electron chi connectivity index (χ4n) is 1.76. The Balaban J connectivity index is 3.31. The number of aryl methyl sites for hydroxylation is 1. The van der Waals surface area contributed by atoms with Crippen molar-refractivity contribution in [2.75, 3.05) is 7.05 Å². The van der Waals surface area contributed by atoms with Crippen molar-refractivity contribution in [2.24, 2.45) is 0 Å². The van der Waals surface area contributed by atoms with Crippen LogP contribution in [0.1, 0.15) is 18.9 Å². The molecule has 5 nitrogen and oxygen atoms in total. The molecule has 0 saturated carbocycles. The van der Waals surface area contributed by atoms with E-state index in [2.05, 4.69) is 0 Å². The first-order valence-electron chi connectivity index (χ1n) is 5.68. The van der Waals surface area contributed by atoms with Crippen LogP contribution in [0.25, 0.3) is 0 Å². The molecule has 106 valence electrons. The quantitative estimate of drug-likeness (QED) is 0.904. The molecule has 1 rings (SSSR count). The van der Waals surface area contributed by atoms with Gasteiger partial charge in [0.25, 0.3) is 0 Å². The molecule has 0 saturated heterocycles. The maximum Gasteiger partial charge on any atom is 0.321 e. The number of halogens is 1. The van der Waals surface area contributed by atoms with Crippen molar-refractivity contribution in [3.8, 4) is 0 Å². The molecular formula is C12H16ClNO4S. The molecule has 7 heteroatoms. The van der Waals surface area contributed by atoms with Crippen molar-refractivity contribution >= 4 is 27.6 Å². The zero-order valence-corrected chi connectivity index (χ0v) is 12.5. The number of carboxylic acids is 1. The number of hydrogen-bond acceptors (Lipinski definition) is 3. The standard InChI is InChI=1S/C12H16ClNO4S/c1-4-10(12(15)16)14(3)19(17,18)11-7-9(13)6-5-8(11)2/h5-7,10H,4H2,1-3H3,(H,15,16). The Morgan fingerprint density at radius 2 is 2.05 bits per heavy atom. The van der Waals surface area contributed by atoms with Gasteiger partial charge in [-0.2, -0.15) is 4.31 Å². The maximum absolute atomic E-state index is 12.4. The van der Waals surface area contributed by atoms with Gasteiger partial charge >= 0.3 is 5.97 Å². The minimum Gasteiger partial charge on any atom is -0.480 e. The number of hydrogen-bond donors (Lipinski definition) is 1. The molecule has 0 spiro atoms. The second kappa shape index (κ2) is 5.90. The Hall–Kier alpha value is -1.11. The third-order valence-corrected chi connectivity index (χ3v) is 5.16. The first-order chi connectivity index (χ1) is 8.71. The molecule has 0 aliphatic heterocycles. The number of aliphatic carboxylic acids is 1. The number of rotatable bonds is 5. The van der Waals surface area contributed by atoms with Crippen LogP contribution in [-0.4, -0.2) is 36.9 Å². The van der Waals surface area contributed by atoms with Crippen LogP contribution in [0.4, 0.5) is 0 Å². The van der Waals surface area contributed by atoms with Crippen LogP contribution in [0.2, 0.25) is 5.02 Å². The van der Waals surface area contributed by atoms with E-state index in [1.54, 1.807) is 26.0 Å². The van der Waals surface area contributed by atoms with Gasteiger partial charge in [-0.05, 0) is 31.0 Å². The van der Waals surface area contributed by atoms with Crippen LogP contribution >= 0.6 is 11.6 Å². The van der Waals surface area contributed by atoms with Gasteiger partial charge in [-0.3, -0.25) is 4.79 Å². The van der Waals surface area contributed by atoms with Gasteiger partial charge < -0.3 is 5.11 Å². The number of sulfonamides is 1.